The SMILES string of the molecule is Brc1ccc(-c2ccc3c(c2)c2ccccc2n3-c2ccccc2)cc1.C.O[B]Oc1ccc(-c2ccc3c(c2)c2ccccc2n3-c2ccccc2)cc1.[HH]. The highest BCUT2D eigenvalue weighted by atomic mass is 79.9. The number of rotatable bonds is 6. The van der Waals surface area contributed by atoms with E-state index in [0.717, 1.165) is 21.3 Å². The molecule has 0 saturated heterocycles. The van der Waals surface area contributed by atoms with Crippen molar-refractivity contribution in [1.29, 1.82) is 0 Å². The average Bonchev–Trinajstić information content (AvgIpc) is 3.75. The maximum absolute atomic E-state index is 8.77. The summed E-state index contributed by atoms with van der Waals surface area (Å²) in [6.45, 7) is 0. The van der Waals surface area contributed by atoms with E-state index in [0.29, 0.717) is 13.4 Å². The van der Waals surface area contributed by atoms with Gasteiger partial charge in [0, 0.05) is 38.8 Å². The van der Waals surface area contributed by atoms with E-state index >= 15 is 0 Å². The van der Waals surface area contributed by atoms with E-state index in [1.54, 1.807) is 0 Å². The molecule has 0 spiro atoms. The normalized spacial score (nSPS) is 10.9. The van der Waals surface area contributed by atoms with Gasteiger partial charge in [0.15, 0.2) is 0 Å². The second kappa shape index (κ2) is 15.6. The second-order valence-corrected chi connectivity index (χ2v) is 14.0. The predicted molar refractivity (Wildman–Crippen MR) is 238 cm³/mol. The van der Waals surface area contributed by atoms with Crippen LogP contribution in [0.25, 0.3) is 77.2 Å². The minimum atomic E-state index is 0. The van der Waals surface area contributed by atoms with E-state index in [-0.39, 0.29) is 8.85 Å². The van der Waals surface area contributed by atoms with Crippen molar-refractivity contribution in [3.05, 3.63) is 199 Å². The zero-order valence-electron chi connectivity index (χ0n) is 29.2. The summed E-state index contributed by atoms with van der Waals surface area (Å²) in [5, 5.41) is 13.8. The molecule has 267 valence electrons. The lowest BCUT2D eigenvalue weighted by Crippen LogP contribution is -1.99. The van der Waals surface area contributed by atoms with Crippen molar-refractivity contribution in [2.45, 2.75) is 7.43 Å². The van der Waals surface area contributed by atoms with Crippen LogP contribution >= 0.6 is 15.9 Å². The largest absolute Gasteiger partial charge is 0.569 e. The first-order valence-corrected chi connectivity index (χ1v) is 18.6. The molecule has 10 aromatic rings. The zero-order valence-corrected chi connectivity index (χ0v) is 30.8. The van der Waals surface area contributed by atoms with E-state index in [2.05, 4.69) is 189 Å². The second-order valence-electron chi connectivity index (χ2n) is 13.1. The van der Waals surface area contributed by atoms with Crippen LogP contribution in [0.2, 0.25) is 0 Å². The van der Waals surface area contributed by atoms with Crippen LogP contribution in [-0.2, 0) is 0 Å². The molecule has 1 N–H and O–H groups in total. The van der Waals surface area contributed by atoms with E-state index in [4.69, 9.17) is 9.68 Å². The Balaban J connectivity index is 0.000000166. The summed E-state index contributed by atoms with van der Waals surface area (Å²) < 4.78 is 10.8. The molecule has 4 nitrogen and oxygen atoms in total. The smallest absolute Gasteiger partial charge is 0.537 e. The molecule has 0 bridgehead atoms. The summed E-state index contributed by atoms with van der Waals surface area (Å²) in [7, 11) is 0.694. The third kappa shape index (κ3) is 6.83. The van der Waals surface area contributed by atoms with Gasteiger partial charge >= 0.3 is 7.69 Å². The van der Waals surface area contributed by atoms with Gasteiger partial charge in [0.1, 0.15) is 5.75 Å². The fraction of sp³-hybridized carbons (Fsp3) is 0.0204. The Bertz CT molecular complexity index is 2890. The van der Waals surface area contributed by atoms with Crippen LogP contribution in [0.1, 0.15) is 8.85 Å². The molecule has 0 aliphatic heterocycles. The summed E-state index contributed by atoms with van der Waals surface area (Å²) in [5.41, 5.74) is 11.9. The van der Waals surface area contributed by atoms with Crippen molar-refractivity contribution < 1.29 is 11.1 Å². The number of hydrogen-bond donors (Lipinski definition) is 1. The molecule has 2 aromatic heterocycles. The topological polar surface area (TPSA) is 39.3 Å². The summed E-state index contributed by atoms with van der Waals surface area (Å²) in [4.78, 5) is 0. The van der Waals surface area contributed by atoms with Gasteiger partial charge in [-0.3, -0.25) is 0 Å². The Morgan fingerprint density at radius 2 is 0.800 bits per heavy atom. The Morgan fingerprint density at radius 1 is 0.418 bits per heavy atom. The Labute approximate surface area is 331 Å². The molecule has 0 amide bonds. The molecule has 0 saturated carbocycles. The van der Waals surface area contributed by atoms with Gasteiger partial charge in [-0.2, -0.15) is 0 Å². The van der Waals surface area contributed by atoms with Gasteiger partial charge in [-0.25, -0.2) is 0 Å². The van der Waals surface area contributed by atoms with Crippen molar-refractivity contribution in [3.63, 3.8) is 0 Å². The number of benzene rings is 8. The van der Waals surface area contributed by atoms with E-state index in [1.165, 1.54) is 60.4 Å². The van der Waals surface area contributed by atoms with Crippen LogP contribution in [-0.4, -0.2) is 21.8 Å². The molecular formula is C49H39BBrN2O2. The van der Waals surface area contributed by atoms with Crippen LogP contribution in [0.15, 0.2) is 199 Å². The van der Waals surface area contributed by atoms with Crippen molar-refractivity contribution in [2.75, 3.05) is 0 Å². The lowest BCUT2D eigenvalue weighted by atomic mass is 10.0. The van der Waals surface area contributed by atoms with Crippen LogP contribution in [0.5, 0.6) is 5.75 Å². The quantitative estimate of drug-likeness (QED) is 0.171. The summed E-state index contributed by atoms with van der Waals surface area (Å²) >= 11 is 3.52. The van der Waals surface area contributed by atoms with Crippen molar-refractivity contribution in [2.24, 2.45) is 0 Å². The first-order valence-electron chi connectivity index (χ1n) is 17.8. The number of aromatic nitrogens is 2. The number of hydrogen-bond acceptors (Lipinski definition) is 2. The molecule has 8 aromatic carbocycles. The lowest BCUT2D eigenvalue weighted by molar-refractivity contribution is 0.454. The Kier molecular flexibility index (Phi) is 10.1. The molecule has 1 radical (unpaired) electrons. The number of fused-ring (bicyclic) bond motifs is 6. The molecule has 6 heteroatoms. The first-order chi connectivity index (χ1) is 26.7. The van der Waals surface area contributed by atoms with Crippen LogP contribution < -0.4 is 4.65 Å². The van der Waals surface area contributed by atoms with Crippen molar-refractivity contribution in [3.8, 4) is 39.4 Å². The van der Waals surface area contributed by atoms with E-state index < -0.39 is 0 Å². The molecule has 0 unspecified atom stereocenters. The fourth-order valence-corrected chi connectivity index (χ4v) is 7.71. The molecule has 0 fully saturated rings. The van der Waals surface area contributed by atoms with Crippen LogP contribution in [0.3, 0.4) is 0 Å². The fourth-order valence-electron chi connectivity index (χ4n) is 7.44. The molecule has 55 heavy (non-hydrogen) atoms. The standard InChI is InChI=1S/C24H17BNO2.C24H16BrN.CH4.H2/c27-25-28-20-13-10-17(11-14-20)18-12-15-24-22(16-18)21-8-4-5-9-23(21)26(24)19-6-2-1-3-7-19;25-19-13-10-17(11-14-19)18-12-15-24-22(16-18)21-8-4-5-9-23(21)26(24)20-6-2-1-3-7-20;;/h1-16,27H;1-16H;1H4;1H. The number of halogens is 1. The van der Waals surface area contributed by atoms with Gasteiger partial charge in [0.2, 0.25) is 0 Å². The summed E-state index contributed by atoms with van der Waals surface area (Å²) in [6.07, 6.45) is 0. The highest BCUT2D eigenvalue weighted by molar-refractivity contribution is 9.10. The lowest BCUT2D eigenvalue weighted by Gasteiger charge is -2.08. The molecule has 0 atom stereocenters. The van der Waals surface area contributed by atoms with Gasteiger partial charge in [-0.15, -0.1) is 0 Å². The summed E-state index contributed by atoms with van der Waals surface area (Å²) in [6, 6.07) is 67.6. The Morgan fingerprint density at radius 3 is 1.25 bits per heavy atom. The van der Waals surface area contributed by atoms with Gasteiger partial charge in [0.25, 0.3) is 0 Å². The predicted octanol–water partition coefficient (Wildman–Crippen LogP) is 13.5. The van der Waals surface area contributed by atoms with Gasteiger partial charge in [0.05, 0.1) is 22.1 Å². The minimum Gasteiger partial charge on any atom is -0.537 e. The van der Waals surface area contributed by atoms with Crippen LogP contribution in [0, 0.1) is 0 Å². The first kappa shape index (κ1) is 35.7. The number of nitrogens with zero attached hydrogens (tertiary/aromatic N) is 2. The molecular weight excluding hydrogens is 739 g/mol. The molecule has 10 rings (SSSR count). The van der Waals surface area contributed by atoms with Crippen molar-refractivity contribution >= 4 is 67.2 Å². The van der Waals surface area contributed by atoms with Crippen molar-refractivity contribution in [1.82, 2.24) is 9.13 Å². The zero-order chi connectivity index (χ0) is 36.4. The maximum Gasteiger partial charge on any atom is 0.569 e. The van der Waals surface area contributed by atoms with Gasteiger partial charge in [-0.1, -0.05) is 133 Å². The maximum atomic E-state index is 8.77. The third-order valence-corrected chi connectivity index (χ3v) is 10.5. The highest BCUT2D eigenvalue weighted by Gasteiger charge is 2.14. The third-order valence-electron chi connectivity index (χ3n) is 9.93. The minimum absolute atomic E-state index is 0. The molecule has 0 aliphatic carbocycles. The van der Waals surface area contributed by atoms with Gasteiger partial charge in [-0.05, 0) is 107 Å². The number of para-hydroxylation sites is 4. The molecule has 0 aliphatic rings. The summed E-state index contributed by atoms with van der Waals surface area (Å²) in [5.74, 6) is 0.605. The van der Waals surface area contributed by atoms with Crippen LogP contribution in [0.4, 0.5) is 0 Å². The Hall–Kier alpha value is -6.34. The highest BCUT2D eigenvalue weighted by Crippen LogP contribution is 2.36. The molecule has 2 heterocycles. The van der Waals surface area contributed by atoms with E-state index in [1.807, 2.05) is 30.3 Å². The average molecular weight is 779 g/mol. The van der Waals surface area contributed by atoms with E-state index in [9.17, 15) is 0 Å². The van der Waals surface area contributed by atoms with Gasteiger partial charge < -0.3 is 18.8 Å². The monoisotopic (exact) mass is 777 g/mol.